The lowest BCUT2D eigenvalue weighted by Gasteiger charge is -2.36. The normalized spacial score (nSPS) is 21.6. The number of nitrogens with one attached hydrogen (secondary N) is 1. The molecule has 1 aromatic rings. The maximum absolute atomic E-state index is 12.5. The molecule has 0 saturated heterocycles. The zero-order valence-corrected chi connectivity index (χ0v) is 13.8. The molecule has 1 N–H and O–H groups in total. The molecule has 1 aliphatic heterocycles. The van der Waals surface area contributed by atoms with Crippen LogP contribution in [-0.4, -0.2) is 35.4 Å². The number of amides is 2. The maximum Gasteiger partial charge on any atom is 0.338 e. The van der Waals surface area contributed by atoms with Gasteiger partial charge in [-0.2, -0.15) is 0 Å². The minimum Gasteiger partial charge on any atom is -0.466 e. The van der Waals surface area contributed by atoms with E-state index in [1.54, 1.807) is 4.90 Å². The van der Waals surface area contributed by atoms with Gasteiger partial charge in [0.05, 0.1) is 18.7 Å². The highest BCUT2D eigenvalue weighted by Gasteiger charge is 2.43. The van der Waals surface area contributed by atoms with Crippen LogP contribution in [0, 0.1) is 0 Å². The largest absolute Gasteiger partial charge is 0.466 e. The number of hydrogen-bond donors (Lipinski definition) is 1. The Hall–Kier alpha value is -1.82. The van der Waals surface area contributed by atoms with Gasteiger partial charge < -0.3 is 10.1 Å². The van der Waals surface area contributed by atoms with Crippen LogP contribution >= 0.6 is 15.9 Å². The van der Waals surface area contributed by atoms with Gasteiger partial charge in [0.1, 0.15) is 0 Å². The van der Waals surface area contributed by atoms with Gasteiger partial charge in [0.25, 0.3) is 0 Å². The second kappa shape index (κ2) is 6.12. The number of benzene rings is 1. The second-order valence-corrected chi connectivity index (χ2v) is 5.94. The number of carbonyl (C=O) groups excluding carboxylic acids is 2. The molecule has 0 radical (unpaired) electrons. The first-order chi connectivity index (χ1) is 10.7. The van der Waals surface area contributed by atoms with Crippen LogP contribution in [0.3, 0.4) is 0 Å². The van der Waals surface area contributed by atoms with E-state index in [1.807, 2.05) is 30.3 Å². The highest BCUT2D eigenvalue weighted by molar-refractivity contribution is 9.09. The zero-order chi connectivity index (χ0) is 15.7. The first-order valence-corrected chi connectivity index (χ1v) is 8.31. The summed E-state index contributed by atoms with van der Waals surface area (Å²) in [5.41, 5.74) is 2.06. The molecule has 1 saturated carbocycles. The highest BCUT2D eigenvalue weighted by atomic mass is 79.9. The molecule has 1 fully saturated rings. The van der Waals surface area contributed by atoms with E-state index < -0.39 is 12.0 Å². The Balaban J connectivity index is 2.11. The molecule has 0 bridgehead atoms. The van der Waals surface area contributed by atoms with Crippen molar-refractivity contribution in [3.05, 3.63) is 47.2 Å². The highest BCUT2D eigenvalue weighted by Crippen LogP contribution is 2.38. The summed E-state index contributed by atoms with van der Waals surface area (Å²) in [7, 11) is 1.36. The minimum absolute atomic E-state index is 0.154. The van der Waals surface area contributed by atoms with Gasteiger partial charge >= 0.3 is 12.0 Å². The summed E-state index contributed by atoms with van der Waals surface area (Å²) < 4.78 is 4.96. The molecule has 2 amide bonds. The number of methoxy groups -OCH3 is 1. The molecule has 6 heteroatoms. The van der Waals surface area contributed by atoms with E-state index in [0.717, 1.165) is 18.4 Å². The lowest BCUT2D eigenvalue weighted by Crippen LogP contribution is -2.49. The quantitative estimate of drug-likeness (QED) is 0.660. The molecule has 1 heterocycles. The van der Waals surface area contributed by atoms with Crippen LogP contribution in [0.15, 0.2) is 41.6 Å². The van der Waals surface area contributed by atoms with Crippen molar-refractivity contribution < 1.29 is 14.3 Å². The van der Waals surface area contributed by atoms with Crippen molar-refractivity contribution in [3.63, 3.8) is 0 Å². The number of esters is 1. The van der Waals surface area contributed by atoms with Crippen molar-refractivity contribution in [1.29, 1.82) is 0 Å². The van der Waals surface area contributed by atoms with Gasteiger partial charge in [0.2, 0.25) is 0 Å². The molecule has 1 aliphatic carbocycles. The molecule has 5 nitrogen and oxygen atoms in total. The van der Waals surface area contributed by atoms with Gasteiger partial charge in [0.15, 0.2) is 0 Å². The summed E-state index contributed by atoms with van der Waals surface area (Å²) in [6.45, 7) is 0. The topological polar surface area (TPSA) is 58.6 Å². The zero-order valence-electron chi connectivity index (χ0n) is 12.2. The van der Waals surface area contributed by atoms with Crippen LogP contribution in [0.5, 0.6) is 0 Å². The molecule has 0 unspecified atom stereocenters. The fourth-order valence-electron chi connectivity index (χ4n) is 2.78. The van der Waals surface area contributed by atoms with Crippen LogP contribution in [0.1, 0.15) is 24.4 Å². The molecule has 2 aliphatic rings. The van der Waals surface area contributed by atoms with Gasteiger partial charge in [0, 0.05) is 17.1 Å². The average molecular weight is 365 g/mol. The lowest BCUT2D eigenvalue weighted by atomic mass is 9.95. The van der Waals surface area contributed by atoms with Crippen molar-refractivity contribution in [2.24, 2.45) is 0 Å². The van der Waals surface area contributed by atoms with E-state index in [0.29, 0.717) is 16.6 Å². The Morgan fingerprint density at radius 3 is 2.59 bits per heavy atom. The van der Waals surface area contributed by atoms with Gasteiger partial charge in [-0.3, -0.25) is 4.90 Å². The number of nitrogens with zero attached hydrogens (tertiary/aromatic N) is 1. The molecule has 3 rings (SSSR count). The third-order valence-electron chi connectivity index (χ3n) is 3.95. The van der Waals surface area contributed by atoms with Crippen molar-refractivity contribution in [1.82, 2.24) is 10.2 Å². The smallest absolute Gasteiger partial charge is 0.338 e. The Morgan fingerprint density at radius 1 is 1.36 bits per heavy atom. The number of carbonyl (C=O) groups is 2. The van der Waals surface area contributed by atoms with Crippen molar-refractivity contribution in [2.45, 2.75) is 24.9 Å². The number of alkyl halides is 1. The van der Waals surface area contributed by atoms with Gasteiger partial charge in [-0.15, -0.1) is 0 Å². The van der Waals surface area contributed by atoms with Crippen LogP contribution in [-0.2, 0) is 9.53 Å². The van der Waals surface area contributed by atoms with Crippen molar-refractivity contribution in [3.8, 4) is 0 Å². The van der Waals surface area contributed by atoms with E-state index in [1.165, 1.54) is 7.11 Å². The number of ether oxygens (including phenoxy) is 1. The molecular weight excluding hydrogens is 348 g/mol. The van der Waals surface area contributed by atoms with E-state index in [-0.39, 0.29) is 12.1 Å². The minimum atomic E-state index is -0.483. The molecule has 22 heavy (non-hydrogen) atoms. The summed E-state index contributed by atoms with van der Waals surface area (Å²) in [5.74, 6) is -0.408. The van der Waals surface area contributed by atoms with E-state index in [9.17, 15) is 9.59 Å². The van der Waals surface area contributed by atoms with Gasteiger partial charge in [-0.25, -0.2) is 9.59 Å². The Labute approximate surface area is 137 Å². The molecular formula is C16H17BrN2O3. The van der Waals surface area contributed by atoms with Crippen LogP contribution < -0.4 is 5.32 Å². The molecule has 1 aromatic carbocycles. The molecule has 0 aromatic heterocycles. The molecule has 0 spiro atoms. The third kappa shape index (κ3) is 2.63. The third-order valence-corrected chi connectivity index (χ3v) is 4.48. The van der Waals surface area contributed by atoms with Crippen molar-refractivity contribution in [2.75, 3.05) is 12.4 Å². The van der Waals surface area contributed by atoms with E-state index >= 15 is 0 Å². The first kappa shape index (κ1) is 15.1. The summed E-state index contributed by atoms with van der Waals surface area (Å²) in [5, 5.41) is 3.38. The van der Waals surface area contributed by atoms with Crippen LogP contribution in [0.4, 0.5) is 4.79 Å². The Bertz CT molecular complexity index is 626. The van der Waals surface area contributed by atoms with Crippen molar-refractivity contribution >= 4 is 27.9 Å². The Morgan fingerprint density at radius 2 is 2.05 bits per heavy atom. The van der Waals surface area contributed by atoms with Gasteiger partial charge in [-0.05, 0) is 18.4 Å². The monoisotopic (exact) mass is 364 g/mol. The number of rotatable bonds is 4. The first-order valence-electron chi connectivity index (χ1n) is 7.19. The molecule has 1 atom stereocenters. The maximum atomic E-state index is 12.5. The second-order valence-electron chi connectivity index (χ2n) is 5.38. The van der Waals surface area contributed by atoms with E-state index in [4.69, 9.17) is 4.74 Å². The van der Waals surface area contributed by atoms with E-state index in [2.05, 4.69) is 21.2 Å². The van der Waals surface area contributed by atoms with Gasteiger partial charge in [-0.1, -0.05) is 46.3 Å². The SMILES string of the molecule is COC(=O)C1=C(CBr)N(C2CC2)C(=O)N[C@@H]1c1ccccc1. The standard InChI is InChI=1S/C16H17BrN2O3/c1-22-15(20)13-12(9-17)19(11-7-8-11)16(21)18-14(13)10-5-3-2-4-6-10/h2-6,11,14H,7-9H2,1H3,(H,18,21)/t14-/m1/s1. The number of urea groups is 1. The predicted octanol–water partition coefficient (Wildman–Crippen LogP) is 2.74. The lowest BCUT2D eigenvalue weighted by molar-refractivity contribution is -0.136. The Kier molecular flexibility index (Phi) is 4.20. The summed E-state index contributed by atoms with van der Waals surface area (Å²) in [6, 6.07) is 9.01. The summed E-state index contributed by atoms with van der Waals surface area (Å²) in [6.07, 6.45) is 1.93. The fourth-order valence-corrected chi connectivity index (χ4v) is 3.35. The fraction of sp³-hybridized carbons (Fsp3) is 0.375. The number of halogens is 1. The predicted molar refractivity (Wildman–Crippen MR) is 85.4 cm³/mol. The molecule has 116 valence electrons. The summed E-state index contributed by atoms with van der Waals surface area (Å²) >= 11 is 3.43. The summed E-state index contributed by atoms with van der Waals surface area (Å²) in [4.78, 5) is 26.5. The average Bonchev–Trinajstić information content (AvgIpc) is 3.38. The van der Waals surface area contributed by atoms with Crippen LogP contribution in [0.2, 0.25) is 0 Å². The number of hydrogen-bond acceptors (Lipinski definition) is 3. The number of allylic oxidation sites excluding steroid dienone is 1. The van der Waals surface area contributed by atoms with Crippen LogP contribution in [0.25, 0.3) is 0 Å².